The number of aryl methyl sites for hydroxylation is 2. The molecule has 80 valence electrons. The number of hydrogen-bond donors (Lipinski definition) is 1. The first kappa shape index (κ1) is 9.76. The van der Waals surface area contributed by atoms with E-state index >= 15 is 0 Å². The Kier molecular flexibility index (Phi) is 2.45. The molecule has 2 rings (SSSR count). The SMILES string of the molecule is CCn1cc(Cn2ccnc2N)c(C)n1. The van der Waals surface area contributed by atoms with Gasteiger partial charge in [-0.05, 0) is 13.8 Å². The van der Waals surface area contributed by atoms with Gasteiger partial charge in [-0.25, -0.2) is 4.98 Å². The summed E-state index contributed by atoms with van der Waals surface area (Å²) >= 11 is 0. The highest BCUT2D eigenvalue weighted by Crippen LogP contribution is 2.10. The molecule has 0 aromatic carbocycles. The van der Waals surface area contributed by atoms with Crippen molar-refractivity contribution in [2.45, 2.75) is 26.9 Å². The van der Waals surface area contributed by atoms with Crippen LogP contribution in [0.25, 0.3) is 0 Å². The molecule has 0 atom stereocenters. The van der Waals surface area contributed by atoms with Gasteiger partial charge in [0.15, 0.2) is 5.95 Å². The van der Waals surface area contributed by atoms with E-state index in [0.29, 0.717) is 5.95 Å². The number of rotatable bonds is 3. The third kappa shape index (κ3) is 1.86. The average molecular weight is 205 g/mol. The zero-order chi connectivity index (χ0) is 10.8. The highest BCUT2D eigenvalue weighted by molar-refractivity contribution is 5.22. The lowest BCUT2D eigenvalue weighted by Crippen LogP contribution is -2.03. The zero-order valence-electron chi connectivity index (χ0n) is 9.01. The van der Waals surface area contributed by atoms with Crippen LogP contribution in [-0.4, -0.2) is 19.3 Å². The molecule has 0 aliphatic heterocycles. The second kappa shape index (κ2) is 3.76. The maximum absolute atomic E-state index is 5.70. The minimum atomic E-state index is 0.540. The van der Waals surface area contributed by atoms with E-state index in [-0.39, 0.29) is 0 Å². The first-order valence-corrected chi connectivity index (χ1v) is 5.00. The quantitative estimate of drug-likeness (QED) is 0.814. The van der Waals surface area contributed by atoms with Gasteiger partial charge in [0.2, 0.25) is 0 Å². The monoisotopic (exact) mass is 205 g/mol. The van der Waals surface area contributed by atoms with Crippen LogP contribution < -0.4 is 5.73 Å². The van der Waals surface area contributed by atoms with Gasteiger partial charge in [-0.2, -0.15) is 5.10 Å². The number of nitrogens with two attached hydrogens (primary N) is 1. The number of imidazole rings is 1. The van der Waals surface area contributed by atoms with Crippen molar-refractivity contribution in [1.82, 2.24) is 19.3 Å². The number of hydrogen-bond acceptors (Lipinski definition) is 3. The lowest BCUT2D eigenvalue weighted by molar-refractivity contribution is 0.653. The Morgan fingerprint density at radius 3 is 2.80 bits per heavy atom. The standard InChI is InChI=1S/C10H15N5/c1-3-15-7-9(8(2)13-15)6-14-5-4-12-10(14)11/h4-5,7H,3,6H2,1-2H3,(H2,11,12). The van der Waals surface area contributed by atoms with E-state index in [2.05, 4.69) is 23.2 Å². The van der Waals surface area contributed by atoms with E-state index in [4.69, 9.17) is 5.73 Å². The van der Waals surface area contributed by atoms with E-state index in [9.17, 15) is 0 Å². The predicted octanol–water partition coefficient (Wildman–Crippen LogP) is 1.04. The highest BCUT2D eigenvalue weighted by atomic mass is 15.3. The van der Waals surface area contributed by atoms with Crippen molar-refractivity contribution in [3.8, 4) is 0 Å². The molecule has 0 saturated heterocycles. The molecule has 2 N–H and O–H groups in total. The third-order valence-electron chi connectivity index (χ3n) is 2.46. The van der Waals surface area contributed by atoms with Crippen molar-refractivity contribution in [3.63, 3.8) is 0 Å². The molecule has 0 radical (unpaired) electrons. The fourth-order valence-electron chi connectivity index (χ4n) is 1.53. The van der Waals surface area contributed by atoms with Crippen LogP contribution in [0.5, 0.6) is 0 Å². The predicted molar refractivity (Wildman–Crippen MR) is 58.4 cm³/mol. The van der Waals surface area contributed by atoms with Crippen LogP contribution >= 0.6 is 0 Å². The summed E-state index contributed by atoms with van der Waals surface area (Å²) in [4.78, 5) is 3.98. The van der Waals surface area contributed by atoms with E-state index in [1.54, 1.807) is 6.20 Å². The van der Waals surface area contributed by atoms with Crippen LogP contribution in [0.4, 0.5) is 5.95 Å². The summed E-state index contributed by atoms with van der Waals surface area (Å²) in [7, 11) is 0. The van der Waals surface area contributed by atoms with Crippen LogP contribution in [0.15, 0.2) is 18.6 Å². The Hall–Kier alpha value is -1.78. The van der Waals surface area contributed by atoms with Crippen LogP contribution in [0.3, 0.4) is 0 Å². The highest BCUT2D eigenvalue weighted by Gasteiger charge is 2.06. The van der Waals surface area contributed by atoms with Crippen molar-refractivity contribution in [1.29, 1.82) is 0 Å². The summed E-state index contributed by atoms with van der Waals surface area (Å²) in [6, 6.07) is 0. The maximum Gasteiger partial charge on any atom is 0.200 e. The minimum absolute atomic E-state index is 0.540. The van der Waals surface area contributed by atoms with E-state index in [1.165, 1.54) is 5.56 Å². The Balaban J connectivity index is 2.24. The molecular formula is C10H15N5. The molecule has 15 heavy (non-hydrogen) atoms. The lowest BCUT2D eigenvalue weighted by Gasteiger charge is -2.02. The summed E-state index contributed by atoms with van der Waals surface area (Å²) in [6.07, 6.45) is 5.63. The smallest absolute Gasteiger partial charge is 0.200 e. The van der Waals surface area contributed by atoms with Gasteiger partial charge in [0.05, 0.1) is 12.2 Å². The third-order valence-corrected chi connectivity index (χ3v) is 2.46. The fraction of sp³-hybridized carbons (Fsp3) is 0.400. The number of nitrogen functional groups attached to an aromatic ring is 1. The van der Waals surface area contributed by atoms with Crippen molar-refractivity contribution in [3.05, 3.63) is 29.8 Å². The molecule has 0 unspecified atom stereocenters. The molecule has 2 heterocycles. The normalized spacial score (nSPS) is 10.8. The molecule has 0 aliphatic rings. The Morgan fingerprint density at radius 2 is 2.27 bits per heavy atom. The van der Waals surface area contributed by atoms with Gasteiger partial charge in [-0.3, -0.25) is 4.68 Å². The number of nitrogens with zero attached hydrogens (tertiary/aromatic N) is 4. The maximum atomic E-state index is 5.70. The van der Waals surface area contributed by atoms with Gasteiger partial charge in [-0.1, -0.05) is 0 Å². The van der Waals surface area contributed by atoms with Crippen molar-refractivity contribution in [2.75, 3.05) is 5.73 Å². The van der Waals surface area contributed by atoms with Gasteiger partial charge >= 0.3 is 0 Å². The van der Waals surface area contributed by atoms with Crippen molar-refractivity contribution >= 4 is 5.95 Å². The summed E-state index contributed by atoms with van der Waals surface area (Å²) in [5.41, 5.74) is 7.93. The molecule has 0 amide bonds. The van der Waals surface area contributed by atoms with Gasteiger partial charge in [-0.15, -0.1) is 0 Å². The minimum Gasteiger partial charge on any atom is -0.369 e. The van der Waals surface area contributed by atoms with Gasteiger partial charge < -0.3 is 10.3 Å². The van der Waals surface area contributed by atoms with Crippen molar-refractivity contribution in [2.24, 2.45) is 0 Å². The molecular weight excluding hydrogens is 190 g/mol. The first-order valence-electron chi connectivity index (χ1n) is 5.00. The summed E-state index contributed by atoms with van der Waals surface area (Å²) in [5.74, 6) is 0.540. The largest absolute Gasteiger partial charge is 0.369 e. The fourth-order valence-corrected chi connectivity index (χ4v) is 1.53. The molecule has 5 nitrogen and oxygen atoms in total. The van der Waals surface area contributed by atoms with Gasteiger partial charge in [0.1, 0.15) is 0 Å². The Labute approximate surface area is 88.5 Å². The van der Waals surface area contributed by atoms with Gasteiger partial charge in [0, 0.05) is 30.7 Å². The van der Waals surface area contributed by atoms with Crippen molar-refractivity contribution < 1.29 is 0 Å². The first-order chi connectivity index (χ1) is 7.20. The van der Waals surface area contributed by atoms with Crippen LogP contribution in [0.1, 0.15) is 18.2 Å². The molecule has 2 aromatic rings. The molecule has 0 spiro atoms. The number of anilines is 1. The Bertz CT molecular complexity index is 454. The lowest BCUT2D eigenvalue weighted by atomic mass is 10.2. The molecule has 0 fully saturated rings. The molecule has 2 aromatic heterocycles. The number of aromatic nitrogens is 4. The van der Waals surface area contributed by atoms with E-state index in [1.807, 2.05) is 22.4 Å². The second-order valence-electron chi connectivity index (χ2n) is 3.51. The van der Waals surface area contributed by atoms with Gasteiger partial charge in [0.25, 0.3) is 0 Å². The van der Waals surface area contributed by atoms with E-state index < -0.39 is 0 Å². The summed E-state index contributed by atoms with van der Waals surface area (Å²) < 4.78 is 3.84. The zero-order valence-corrected chi connectivity index (χ0v) is 9.01. The average Bonchev–Trinajstić information content (AvgIpc) is 2.76. The van der Waals surface area contributed by atoms with Crippen LogP contribution in [0, 0.1) is 6.92 Å². The topological polar surface area (TPSA) is 61.7 Å². The van der Waals surface area contributed by atoms with E-state index in [0.717, 1.165) is 18.8 Å². The summed E-state index contributed by atoms with van der Waals surface area (Å²) in [6.45, 7) is 5.70. The van der Waals surface area contributed by atoms with Crippen LogP contribution in [0.2, 0.25) is 0 Å². The van der Waals surface area contributed by atoms with Crippen LogP contribution in [-0.2, 0) is 13.1 Å². The molecule has 5 heteroatoms. The molecule has 0 saturated carbocycles. The Morgan fingerprint density at radius 1 is 1.47 bits per heavy atom. The molecule has 0 aliphatic carbocycles. The summed E-state index contributed by atoms with van der Waals surface area (Å²) in [5, 5.41) is 4.38. The molecule has 0 bridgehead atoms. The second-order valence-corrected chi connectivity index (χ2v) is 3.51.